The lowest BCUT2D eigenvalue weighted by Crippen LogP contribution is -2.43. The maximum Gasteiger partial charge on any atom is 0.339 e. The summed E-state index contributed by atoms with van der Waals surface area (Å²) in [6.07, 6.45) is 2.58. The first-order chi connectivity index (χ1) is 16.1. The molecule has 34 heavy (non-hydrogen) atoms. The average Bonchev–Trinajstić information content (AvgIpc) is 2.79. The monoisotopic (exact) mass is 478 g/mol. The maximum atomic E-state index is 13.2. The molecule has 0 unspecified atom stereocenters. The summed E-state index contributed by atoms with van der Waals surface area (Å²) in [7, 11) is 1.06. The molecule has 184 valence electrons. The largest absolute Gasteiger partial charge is 0.465 e. The van der Waals surface area contributed by atoms with E-state index in [1.807, 2.05) is 6.92 Å². The Morgan fingerprint density at radius 1 is 1.24 bits per heavy atom. The first kappa shape index (κ1) is 26.0. The van der Waals surface area contributed by atoms with E-state index in [1.165, 1.54) is 0 Å². The number of carbonyl (C=O) groups excluding carboxylic acids is 2. The van der Waals surface area contributed by atoms with Crippen molar-refractivity contribution < 1.29 is 19.2 Å². The number of ether oxygens (including phenoxy) is 1. The Balaban J connectivity index is 2.63. The third kappa shape index (κ3) is 5.39. The van der Waals surface area contributed by atoms with Gasteiger partial charge in [0.1, 0.15) is 12.4 Å². The number of unbranched alkanes of at least 4 members (excludes halogenated alkanes) is 1. The number of aromatic amines is 1. The van der Waals surface area contributed by atoms with Crippen LogP contribution in [0.1, 0.15) is 43.5 Å². The van der Waals surface area contributed by atoms with Gasteiger partial charge < -0.3 is 15.4 Å². The van der Waals surface area contributed by atoms with Gasteiger partial charge in [0.15, 0.2) is 5.69 Å². The van der Waals surface area contributed by atoms with Crippen molar-refractivity contribution in [3.63, 3.8) is 0 Å². The number of methoxy groups -OCH3 is 1. The number of hydrogen-bond donors (Lipinski definition) is 2. The number of amides is 1. The molecule has 2 rings (SSSR count). The van der Waals surface area contributed by atoms with E-state index in [0.717, 1.165) is 28.8 Å². The zero-order chi connectivity index (χ0) is 25.6. The highest BCUT2D eigenvalue weighted by Crippen LogP contribution is 2.19. The van der Waals surface area contributed by atoms with Crippen molar-refractivity contribution in [1.29, 1.82) is 0 Å². The van der Waals surface area contributed by atoms with E-state index in [4.69, 9.17) is 5.73 Å². The quantitative estimate of drug-likeness (QED) is 0.273. The number of esters is 1. The van der Waals surface area contributed by atoms with Crippen molar-refractivity contribution in [2.45, 2.75) is 46.2 Å². The van der Waals surface area contributed by atoms with Crippen molar-refractivity contribution >= 4 is 29.1 Å². The fourth-order valence-corrected chi connectivity index (χ4v) is 3.29. The molecule has 0 radical (unpaired) electrons. The molecule has 0 saturated carbocycles. The minimum atomic E-state index is -1.13. The summed E-state index contributed by atoms with van der Waals surface area (Å²) in [5.41, 5.74) is 1.84. The van der Waals surface area contributed by atoms with Crippen LogP contribution < -0.4 is 27.4 Å². The Hall–Kier alpha value is -4.23. The van der Waals surface area contributed by atoms with E-state index in [2.05, 4.69) is 9.72 Å². The summed E-state index contributed by atoms with van der Waals surface area (Å²) in [5.74, 6) is -1.97. The third-order valence-corrected chi connectivity index (χ3v) is 4.96. The van der Waals surface area contributed by atoms with Gasteiger partial charge in [-0.3, -0.25) is 38.6 Å². The Kier molecular flexibility index (Phi) is 8.47. The molecule has 0 atom stereocenters. The molecule has 0 saturated heterocycles. The number of pyridine rings is 1. The van der Waals surface area contributed by atoms with Crippen LogP contribution >= 0.6 is 0 Å². The van der Waals surface area contributed by atoms with Gasteiger partial charge in [-0.25, -0.2) is 9.59 Å². The van der Waals surface area contributed by atoms with Gasteiger partial charge in [-0.05, 0) is 12.8 Å². The number of nitrogens with two attached hydrogens (primary N) is 1. The van der Waals surface area contributed by atoms with Crippen molar-refractivity contribution in [1.82, 2.24) is 14.1 Å². The standard InChI is InChI=1S/C20H26N6O8/c1-4-6-8-24(15-16(21)25(7-5-2)20(31)22-17(15)28)14(27)11-23-10-12(19(30)34-3)9-13(18(23)29)26(32)33/h9-10H,4-8,11,21H2,1-3H3,(H,22,28,31). The van der Waals surface area contributed by atoms with Crippen LogP contribution in [-0.4, -0.2) is 44.6 Å². The molecule has 0 aliphatic rings. The van der Waals surface area contributed by atoms with Gasteiger partial charge in [-0.2, -0.15) is 0 Å². The Morgan fingerprint density at radius 3 is 2.47 bits per heavy atom. The number of nitro groups is 1. The molecule has 2 aromatic rings. The lowest BCUT2D eigenvalue weighted by Gasteiger charge is -2.24. The van der Waals surface area contributed by atoms with Gasteiger partial charge in [0.05, 0.1) is 17.6 Å². The van der Waals surface area contributed by atoms with Crippen LogP contribution in [0.4, 0.5) is 17.2 Å². The van der Waals surface area contributed by atoms with Crippen LogP contribution in [0.5, 0.6) is 0 Å². The maximum absolute atomic E-state index is 13.2. The van der Waals surface area contributed by atoms with Gasteiger partial charge in [0.25, 0.3) is 5.56 Å². The third-order valence-electron chi connectivity index (χ3n) is 4.96. The van der Waals surface area contributed by atoms with Gasteiger partial charge in [-0.1, -0.05) is 20.3 Å². The van der Waals surface area contributed by atoms with Crippen molar-refractivity contribution in [2.24, 2.45) is 0 Å². The Bertz CT molecular complexity index is 1280. The number of nitrogens with zero attached hydrogens (tertiary/aromatic N) is 4. The van der Waals surface area contributed by atoms with Gasteiger partial charge in [0.2, 0.25) is 5.91 Å². The minimum Gasteiger partial charge on any atom is -0.465 e. The number of nitrogens with one attached hydrogen (secondary N) is 1. The van der Waals surface area contributed by atoms with E-state index >= 15 is 0 Å². The topological polar surface area (TPSA) is 193 Å². The molecule has 0 spiro atoms. The summed E-state index contributed by atoms with van der Waals surface area (Å²) in [4.78, 5) is 75.9. The molecule has 2 aromatic heterocycles. The highest BCUT2D eigenvalue weighted by molar-refractivity contribution is 5.95. The minimum absolute atomic E-state index is 0.0283. The predicted molar refractivity (Wildman–Crippen MR) is 122 cm³/mol. The molecule has 0 aliphatic heterocycles. The second-order valence-electron chi connectivity index (χ2n) is 7.34. The van der Waals surface area contributed by atoms with E-state index in [1.54, 1.807) is 6.92 Å². The van der Waals surface area contributed by atoms with Crippen molar-refractivity contribution in [2.75, 3.05) is 24.3 Å². The Labute approximate surface area is 192 Å². The highest BCUT2D eigenvalue weighted by Gasteiger charge is 2.26. The lowest BCUT2D eigenvalue weighted by atomic mass is 10.2. The summed E-state index contributed by atoms with van der Waals surface area (Å²) in [6.45, 7) is 3.13. The SMILES string of the molecule is CCCCN(C(=O)Cn1cc(C(=O)OC)cc([N+](=O)[O-])c1=O)c1c(N)n(CCC)c(=O)[nH]c1=O. The first-order valence-corrected chi connectivity index (χ1v) is 10.5. The highest BCUT2D eigenvalue weighted by atomic mass is 16.6. The smallest absolute Gasteiger partial charge is 0.339 e. The molecular weight excluding hydrogens is 452 g/mol. The fourth-order valence-electron chi connectivity index (χ4n) is 3.29. The fraction of sp³-hybridized carbons (Fsp3) is 0.450. The number of hydrogen-bond acceptors (Lipinski definition) is 9. The molecule has 14 nitrogen and oxygen atoms in total. The predicted octanol–water partition coefficient (Wildman–Crippen LogP) is 0.219. The molecule has 0 aliphatic carbocycles. The van der Waals surface area contributed by atoms with Crippen LogP contribution in [0.15, 0.2) is 26.6 Å². The summed E-state index contributed by atoms with van der Waals surface area (Å²) >= 11 is 0. The summed E-state index contributed by atoms with van der Waals surface area (Å²) in [5, 5.41) is 11.3. The van der Waals surface area contributed by atoms with Crippen LogP contribution in [0.25, 0.3) is 0 Å². The lowest BCUT2D eigenvalue weighted by molar-refractivity contribution is -0.386. The molecule has 2 heterocycles. The molecule has 0 fully saturated rings. The second-order valence-corrected chi connectivity index (χ2v) is 7.34. The van der Waals surface area contributed by atoms with Gasteiger partial charge >= 0.3 is 22.9 Å². The molecule has 14 heteroatoms. The summed E-state index contributed by atoms with van der Waals surface area (Å²) < 4.78 is 6.37. The first-order valence-electron chi connectivity index (χ1n) is 10.5. The molecule has 0 bridgehead atoms. The number of aromatic nitrogens is 3. The van der Waals surface area contributed by atoms with Crippen molar-refractivity contribution in [3.8, 4) is 0 Å². The zero-order valence-corrected chi connectivity index (χ0v) is 19.0. The van der Waals surface area contributed by atoms with Crippen LogP contribution in [0.3, 0.4) is 0 Å². The van der Waals surface area contributed by atoms with Crippen molar-refractivity contribution in [3.05, 3.63) is 59.1 Å². The molecule has 0 aromatic carbocycles. The van der Waals surface area contributed by atoms with Crippen LogP contribution in [0, 0.1) is 10.1 Å². The number of nitrogen functional groups attached to an aromatic ring is 1. The summed E-state index contributed by atoms with van der Waals surface area (Å²) in [6, 6.07) is 0.757. The van der Waals surface area contributed by atoms with Crippen LogP contribution in [0.2, 0.25) is 0 Å². The molecule has 3 N–H and O–H groups in total. The van der Waals surface area contributed by atoms with Crippen LogP contribution in [-0.2, 0) is 22.6 Å². The molecule has 1 amide bonds. The Morgan fingerprint density at radius 2 is 1.91 bits per heavy atom. The number of H-pyrrole nitrogens is 1. The zero-order valence-electron chi connectivity index (χ0n) is 19.0. The van der Waals surface area contributed by atoms with E-state index in [-0.39, 0.29) is 30.2 Å². The van der Waals surface area contributed by atoms with E-state index < -0.39 is 45.8 Å². The second kappa shape index (κ2) is 11.1. The number of carbonyl (C=O) groups is 2. The average molecular weight is 478 g/mol. The number of rotatable bonds is 10. The van der Waals surface area contributed by atoms with E-state index in [0.29, 0.717) is 23.8 Å². The van der Waals surface area contributed by atoms with Gasteiger partial charge in [0, 0.05) is 25.4 Å². The molecular formula is C20H26N6O8. The van der Waals surface area contributed by atoms with Gasteiger partial charge in [-0.15, -0.1) is 0 Å². The van der Waals surface area contributed by atoms with E-state index in [9.17, 15) is 34.1 Å². The normalized spacial score (nSPS) is 10.7. The number of anilines is 2.